The van der Waals surface area contributed by atoms with Gasteiger partial charge in [0.1, 0.15) is 13.2 Å². The molecule has 0 aliphatic rings. The first-order chi connectivity index (χ1) is 33.0. The van der Waals surface area contributed by atoms with E-state index in [0.29, 0.717) is 19.3 Å². The van der Waals surface area contributed by atoms with Crippen LogP contribution in [0.15, 0.2) is 60.8 Å². The molecule has 0 radical (unpaired) electrons. The Morgan fingerprint density at radius 2 is 0.537 bits per heavy atom. The Kier molecular flexibility index (Phi) is 53.3. The molecule has 0 fully saturated rings. The van der Waals surface area contributed by atoms with Crippen LogP contribution >= 0.6 is 0 Å². The molecule has 0 aromatic rings. The molecule has 0 aromatic heterocycles. The Balaban J connectivity index is 4.37. The third kappa shape index (κ3) is 53.9. The number of carbonyl (C=O) groups excluding carboxylic acids is 3. The molecule has 0 N–H and O–H groups in total. The number of hydrogen-bond acceptors (Lipinski definition) is 6. The van der Waals surface area contributed by atoms with Gasteiger partial charge in [-0.05, 0) is 109 Å². The maximum atomic E-state index is 12.8. The molecule has 6 nitrogen and oxygen atoms in total. The molecule has 1 atom stereocenters. The maximum Gasteiger partial charge on any atom is 0.306 e. The fourth-order valence-electron chi connectivity index (χ4n) is 8.09. The quantitative estimate of drug-likeness (QED) is 0.0262. The summed E-state index contributed by atoms with van der Waals surface area (Å²) in [6.07, 6.45) is 69.2. The van der Waals surface area contributed by atoms with Gasteiger partial charge in [0, 0.05) is 19.3 Å². The molecule has 0 amide bonds. The minimum Gasteiger partial charge on any atom is -0.462 e. The van der Waals surface area contributed by atoms with Gasteiger partial charge in [0.05, 0.1) is 0 Å². The average Bonchev–Trinajstić information content (AvgIpc) is 3.33. The molecule has 0 aliphatic carbocycles. The highest BCUT2D eigenvalue weighted by Crippen LogP contribution is 2.15. The lowest BCUT2D eigenvalue weighted by atomic mass is 10.1. The summed E-state index contributed by atoms with van der Waals surface area (Å²) in [5.74, 6) is -0.892. The number of esters is 3. The molecular weight excluding hydrogens is 829 g/mol. The van der Waals surface area contributed by atoms with Gasteiger partial charge in [0.25, 0.3) is 0 Å². The summed E-state index contributed by atoms with van der Waals surface area (Å²) < 4.78 is 16.9. The first-order valence-corrected chi connectivity index (χ1v) is 28.8. The molecule has 0 aliphatic heterocycles. The molecule has 67 heavy (non-hydrogen) atoms. The number of unbranched alkanes of at least 4 members (excludes halogenated alkanes) is 31. The molecular formula is C61H108O6. The van der Waals surface area contributed by atoms with Crippen LogP contribution in [-0.2, 0) is 28.6 Å². The van der Waals surface area contributed by atoms with Crippen LogP contribution < -0.4 is 0 Å². The molecule has 0 saturated carbocycles. The minimum atomic E-state index is -0.783. The summed E-state index contributed by atoms with van der Waals surface area (Å²) in [5, 5.41) is 0. The Hall–Kier alpha value is -2.89. The van der Waals surface area contributed by atoms with Crippen LogP contribution in [0.3, 0.4) is 0 Å². The molecule has 0 saturated heterocycles. The first kappa shape index (κ1) is 64.1. The number of ether oxygens (including phenoxy) is 3. The summed E-state index contributed by atoms with van der Waals surface area (Å²) in [5.41, 5.74) is 0. The average molecular weight is 938 g/mol. The smallest absolute Gasteiger partial charge is 0.306 e. The van der Waals surface area contributed by atoms with E-state index in [1.54, 1.807) is 0 Å². The Bertz CT molecular complexity index is 1210. The first-order valence-electron chi connectivity index (χ1n) is 28.8. The zero-order chi connectivity index (χ0) is 48.6. The molecule has 0 aromatic carbocycles. The Labute approximate surface area is 415 Å². The van der Waals surface area contributed by atoms with E-state index in [0.717, 1.165) is 83.5 Å². The largest absolute Gasteiger partial charge is 0.462 e. The van der Waals surface area contributed by atoms with Crippen molar-refractivity contribution in [3.8, 4) is 0 Å². The standard InChI is InChI=1S/C61H108O6/c1-4-7-10-13-16-19-22-25-27-29-30-32-33-36-39-42-45-48-51-54-60(63)66-57-58(56-65-59(62)53-50-47-44-41-38-35-24-21-18-15-12-9-6-3)67-61(64)55-52-49-46-43-40-37-34-31-28-26-23-20-17-14-11-8-5-2/h16-17,19-21,24-28,58H,4-15,18,22-23,29-57H2,1-3H3/b19-16-,20-17-,24-21-,27-25-,28-26-/t58-/m1/s1. The number of carbonyl (C=O) groups is 3. The third-order valence-electron chi connectivity index (χ3n) is 12.5. The number of rotatable bonds is 52. The normalized spacial score (nSPS) is 12.5. The van der Waals surface area contributed by atoms with E-state index in [1.165, 1.54) is 167 Å². The van der Waals surface area contributed by atoms with Gasteiger partial charge in [-0.1, -0.05) is 223 Å². The van der Waals surface area contributed by atoms with Crippen LogP contribution in [0.4, 0.5) is 0 Å². The second-order valence-corrected chi connectivity index (χ2v) is 19.2. The van der Waals surface area contributed by atoms with Gasteiger partial charge in [-0.15, -0.1) is 0 Å². The topological polar surface area (TPSA) is 78.9 Å². The highest BCUT2D eigenvalue weighted by Gasteiger charge is 2.19. The van der Waals surface area contributed by atoms with Crippen LogP contribution in [0.25, 0.3) is 0 Å². The SMILES string of the molecule is CCCCC/C=C\C/C=C\CCCCCCCCCCCC(=O)OC[C@@H](COC(=O)CCCCCCC/C=C\CCCCCC)OC(=O)CCCCCCCCC/C=C\C/C=C\CCCCC. The van der Waals surface area contributed by atoms with Crippen LogP contribution in [0, 0.1) is 0 Å². The molecule has 0 rings (SSSR count). The van der Waals surface area contributed by atoms with Gasteiger partial charge in [0.2, 0.25) is 0 Å². The van der Waals surface area contributed by atoms with Crippen LogP contribution in [-0.4, -0.2) is 37.2 Å². The Morgan fingerprint density at radius 1 is 0.299 bits per heavy atom. The van der Waals surface area contributed by atoms with Crippen LogP contribution in [0.2, 0.25) is 0 Å². The van der Waals surface area contributed by atoms with Crippen molar-refractivity contribution in [2.45, 2.75) is 297 Å². The molecule has 388 valence electrons. The molecule has 0 unspecified atom stereocenters. The fraction of sp³-hybridized carbons (Fsp3) is 0.787. The summed E-state index contributed by atoms with van der Waals surface area (Å²) in [6, 6.07) is 0. The zero-order valence-corrected chi connectivity index (χ0v) is 44.4. The predicted octanol–water partition coefficient (Wildman–Crippen LogP) is 19.2. The highest BCUT2D eigenvalue weighted by molar-refractivity contribution is 5.71. The van der Waals surface area contributed by atoms with E-state index in [2.05, 4.69) is 81.5 Å². The van der Waals surface area contributed by atoms with E-state index in [9.17, 15) is 14.4 Å². The van der Waals surface area contributed by atoms with Crippen molar-refractivity contribution in [2.75, 3.05) is 13.2 Å². The van der Waals surface area contributed by atoms with E-state index in [1.807, 2.05) is 0 Å². The molecule has 0 heterocycles. The second kappa shape index (κ2) is 55.7. The van der Waals surface area contributed by atoms with Crippen molar-refractivity contribution in [1.82, 2.24) is 0 Å². The Morgan fingerprint density at radius 3 is 0.866 bits per heavy atom. The lowest BCUT2D eigenvalue weighted by Gasteiger charge is -2.18. The zero-order valence-electron chi connectivity index (χ0n) is 44.4. The van der Waals surface area contributed by atoms with Gasteiger partial charge < -0.3 is 14.2 Å². The van der Waals surface area contributed by atoms with Crippen molar-refractivity contribution in [2.24, 2.45) is 0 Å². The van der Waals surface area contributed by atoms with Gasteiger partial charge in [-0.2, -0.15) is 0 Å². The minimum absolute atomic E-state index is 0.0814. The predicted molar refractivity (Wildman–Crippen MR) is 288 cm³/mol. The lowest BCUT2D eigenvalue weighted by molar-refractivity contribution is -0.167. The van der Waals surface area contributed by atoms with Gasteiger partial charge in [0.15, 0.2) is 6.10 Å². The number of allylic oxidation sites excluding steroid dienone is 10. The van der Waals surface area contributed by atoms with Gasteiger partial charge in [-0.3, -0.25) is 14.4 Å². The second-order valence-electron chi connectivity index (χ2n) is 19.2. The lowest BCUT2D eigenvalue weighted by Crippen LogP contribution is -2.30. The maximum absolute atomic E-state index is 12.8. The number of hydrogen-bond donors (Lipinski definition) is 0. The third-order valence-corrected chi connectivity index (χ3v) is 12.5. The van der Waals surface area contributed by atoms with E-state index < -0.39 is 6.10 Å². The van der Waals surface area contributed by atoms with Crippen molar-refractivity contribution in [3.05, 3.63) is 60.8 Å². The van der Waals surface area contributed by atoms with Crippen molar-refractivity contribution in [1.29, 1.82) is 0 Å². The van der Waals surface area contributed by atoms with Crippen molar-refractivity contribution in [3.63, 3.8) is 0 Å². The fourth-order valence-corrected chi connectivity index (χ4v) is 8.09. The molecule has 6 heteroatoms. The van der Waals surface area contributed by atoms with E-state index in [4.69, 9.17) is 14.2 Å². The van der Waals surface area contributed by atoms with Gasteiger partial charge in [-0.25, -0.2) is 0 Å². The summed E-state index contributed by atoms with van der Waals surface area (Å²) in [4.78, 5) is 38.1. The highest BCUT2D eigenvalue weighted by atomic mass is 16.6. The summed E-state index contributed by atoms with van der Waals surface area (Å²) in [7, 11) is 0. The van der Waals surface area contributed by atoms with Crippen molar-refractivity contribution < 1.29 is 28.6 Å². The summed E-state index contributed by atoms with van der Waals surface area (Å²) >= 11 is 0. The van der Waals surface area contributed by atoms with Crippen molar-refractivity contribution >= 4 is 17.9 Å². The van der Waals surface area contributed by atoms with Gasteiger partial charge >= 0.3 is 17.9 Å². The molecule has 0 spiro atoms. The van der Waals surface area contributed by atoms with Crippen LogP contribution in [0.1, 0.15) is 290 Å². The van der Waals surface area contributed by atoms with E-state index in [-0.39, 0.29) is 31.1 Å². The van der Waals surface area contributed by atoms with E-state index >= 15 is 0 Å². The van der Waals surface area contributed by atoms with Crippen LogP contribution in [0.5, 0.6) is 0 Å². The molecule has 0 bridgehead atoms. The summed E-state index contributed by atoms with van der Waals surface area (Å²) in [6.45, 7) is 6.58. The monoisotopic (exact) mass is 937 g/mol.